The van der Waals surface area contributed by atoms with Crippen LogP contribution in [0.1, 0.15) is 18.5 Å². The Morgan fingerprint density at radius 1 is 1.29 bits per heavy atom. The number of halogens is 1. The summed E-state index contributed by atoms with van der Waals surface area (Å²) in [5.74, 6) is 0.609. The highest BCUT2D eigenvalue weighted by Crippen LogP contribution is 2.31. The molecule has 5 heteroatoms. The number of hydrogen-bond donors (Lipinski definition) is 2. The molecule has 1 heterocycles. The molecule has 0 saturated carbocycles. The van der Waals surface area contributed by atoms with E-state index in [2.05, 4.69) is 52.3 Å². The van der Waals surface area contributed by atoms with Gasteiger partial charge in [-0.25, -0.2) is 0 Å². The van der Waals surface area contributed by atoms with Gasteiger partial charge < -0.3 is 15.4 Å². The molecule has 1 aliphatic heterocycles. The van der Waals surface area contributed by atoms with Gasteiger partial charge >= 0.3 is 0 Å². The molecule has 0 radical (unpaired) electrons. The number of anilines is 2. The minimum atomic E-state index is -0.113. The van der Waals surface area contributed by atoms with E-state index in [1.165, 1.54) is 3.57 Å². The molecule has 2 aromatic carbocycles. The number of hydrogen-bond acceptors (Lipinski definition) is 3. The van der Waals surface area contributed by atoms with Crippen molar-refractivity contribution < 1.29 is 9.53 Å². The third-order valence-corrected chi connectivity index (χ3v) is 4.02. The summed E-state index contributed by atoms with van der Waals surface area (Å²) < 4.78 is 6.56. The molecule has 108 valence electrons. The van der Waals surface area contributed by atoms with Gasteiger partial charge in [0.1, 0.15) is 5.75 Å². The van der Waals surface area contributed by atoms with Gasteiger partial charge in [-0.15, -0.1) is 0 Å². The number of carbonyl (C=O) groups excluding carboxylic acids is 1. The fourth-order valence-electron chi connectivity index (χ4n) is 2.28. The molecule has 2 aromatic rings. The van der Waals surface area contributed by atoms with Gasteiger partial charge in [0.05, 0.1) is 5.69 Å². The topological polar surface area (TPSA) is 50.4 Å². The van der Waals surface area contributed by atoms with Crippen LogP contribution in [-0.2, 0) is 4.79 Å². The molecule has 21 heavy (non-hydrogen) atoms. The highest BCUT2D eigenvalue weighted by atomic mass is 127. The molecule has 0 aromatic heterocycles. The van der Waals surface area contributed by atoms with E-state index < -0.39 is 0 Å². The first-order chi connectivity index (χ1) is 10.1. The molecule has 0 spiro atoms. The van der Waals surface area contributed by atoms with Gasteiger partial charge in [0.2, 0.25) is 0 Å². The summed E-state index contributed by atoms with van der Waals surface area (Å²) in [4.78, 5) is 11.4. The van der Waals surface area contributed by atoms with Gasteiger partial charge in [-0.3, -0.25) is 4.79 Å². The normalized spacial score (nSPS) is 14.7. The SMILES string of the molecule is CC(Nc1cccc(I)c1)c1ccc2c(c1)NC(=O)CO2. The monoisotopic (exact) mass is 394 g/mol. The second-order valence-corrected chi connectivity index (χ2v) is 6.21. The summed E-state index contributed by atoms with van der Waals surface area (Å²) in [5.41, 5.74) is 2.91. The molecule has 0 saturated heterocycles. The lowest BCUT2D eigenvalue weighted by atomic mass is 10.1. The lowest BCUT2D eigenvalue weighted by molar-refractivity contribution is -0.118. The molecule has 1 unspecified atom stereocenters. The van der Waals surface area contributed by atoms with Crippen molar-refractivity contribution in [3.05, 3.63) is 51.6 Å². The van der Waals surface area contributed by atoms with E-state index in [-0.39, 0.29) is 18.6 Å². The van der Waals surface area contributed by atoms with Gasteiger partial charge in [-0.05, 0) is 65.4 Å². The number of carbonyl (C=O) groups is 1. The maximum Gasteiger partial charge on any atom is 0.262 e. The zero-order valence-electron chi connectivity index (χ0n) is 11.5. The van der Waals surface area contributed by atoms with Crippen LogP contribution in [0.4, 0.5) is 11.4 Å². The summed E-state index contributed by atoms with van der Waals surface area (Å²) in [7, 11) is 0. The Balaban J connectivity index is 1.80. The van der Waals surface area contributed by atoms with Gasteiger partial charge in [0.25, 0.3) is 5.91 Å². The van der Waals surface area contributed by atoms with Crippen molar-refractivity contribution in [3.63, 3.8) is 0 Å². The number of benzene rings is 2. The molecule has 2 N–H and O–H groups in total. The largest absolute Gasteiger partial charge is 0.482 e. The van der Waals surface area contributed by atoms with Crippen LogP contribution in [0.3, 0.4) is 0 Å². The van der Waals surface area contributed by atoms with Crippen molar-refractivity contribution in [1.82, 2.24) is 0 Å². The average Bonchev–Trinajstić information content (AvgIpc) is 2.46. The van der Waals surface area contributed by atoms with Crippen molar-refractivity contribution in [1.29, 1.82) is 0 Å². The summed E-state index contributed by atoms with van der Waals surface area (Å²) in [6.07, 6.45) is 0. The second-order valence-electron chi connectivity index (χ2n) is 4.97. The van der Waals surface area contributed by atoms with Crippen LogP contribution in [0.25, 0.3) is 0 Å². The second kappa shape index (κ2) is 5.93. The van der Waals surface area contributed by atoms with Crippen LogP contribution in [-0.4, -0.2) is 12.5 Å². The van der Waals surface area contributed by atoms with E-state index in [1.807, 2.05) is 30.3 Å². The van der Waals surface area contributed by atoms with Crippen LogP contribution < -0.4 is 15.4 Å². The maximum atomic E-state index is 11.4. The molecule has 0 fully saturated rings. The van der Waals surface area contributed by atoms with E-state index in [4.69, 9.17) is 4.74 Å². The molecule has 1 atom stereocenters. The smallest absolute Gasteiger partial charge is 0.262 e. The van der Waals surface area contributed by atoms with Crippen molar-refractivity contribution in [3.8, 4) is 5.75 Å². The van der Waals surface area contributed by atoms with E-state index >= 15 is 0 Å². The quantitative estimate of drug-likeness (QED) is 0.779. The fourth-order valence-corrected chi connectivity index (χ4v) is 2.82. The number of ether oxygens (including phenoxy) is 1. The first-order valence-electron chi connectivity index (χ1n) is 6.70. The van der Waals surface area contributed by atoms with Crippen LogP contribution >= 0.6 is 22.6 Å². The number of rotatable bonds is 3. The molecule has 1 amide bonds. The highest BCUT2D eigenvalue weighted by Gasteiger charge is 2.17. The van der Waals surface area contributed by atoms with Crippen LogP contribution in [0, 0.1) is 3.57 Å². The van der Waals surface area contributed by atoms with Gasteiger partial charge in [-0.2, -0.15) is 0 Å². The Labute approximate surface area is 137 Å². The summed E-state index contributed by atoms with van der Waals surface area (Å²) >= 11 is 2.29. The zero-order valence-corrected chi connectivity index (χ0v) is 13.7. The van der Waals surface area contributed by atoms with E-state index in [0.717, 1.165) is 22.7 Å². The summed E-state index contributed by atoms with van der Waals surface area (Å²) in [5, 5.41) is 6.29. The molecule has 3 rings (SSSR count). The molecule has 0 bridgehead atoms. The van der Waals surface area contributed by atoms with Crippen molar-refractivity contribution >= 4 is 39.9 Å². The maximum absolute atomic E-state index is 11.4. The average molecular weight is 394 g/mol. The number of amides is 1. The standard InChI is InChI=1S/C16H15IN2O2/c1-10(18-13-4-2-3-12(17)8-13)11-5-6-15-14(7-11)19-16(20)9-21-15/h2-8,10,18H,9H2,1H3,(H,19,20). The Hall–Kier alpha value is -1.76. The molecular weight excluding hydrogens is 379 g/mol. The van der Waals surface area contributed by atoms with E-state index in [1.54, 1.807) is 0 Å². The Morgan fingerprint density at radius 3 is 2.95 bits per heavy atom. The van der Waals surface area contributed by atoms with Gasteiger partial charge in [0.15, 0.2) is 6.61 Å². The van der Waals surface area contributed by atoms with Crippen LogP contribution in [0.2, 0.25) is 0 Å². The van der Waals surface area contributed by atoms with Gasteiger partial charge in [-0.1, -0.05) is 12.1 Å². The Morgan fingerprint density at radius 2 is 2.14 bits per heavy atom. The third kappa shape index (κ3) is 3.29. The van der Waals surface area contributed by atoms with Gasteiger partial charge in [0, 0.05) is 15.3 Å². The van der Waals surface area contributed by atoms with Crippen molar-refractivity contribution in [2.45, 2.75) is 13.0 Å². The predicted octanol–water partition coefficient (Wildman–Crippen LogP) is 3.80. The summed E-state index contributed by atoms with van der Waals surface area (Å²) in [6, 6.07) is 14.2. The molecule has 1 aliphatic rings. The van der Waals surface area contributed by atoms with E-state index in [9.17, 15) is 4.79 Å². The van der Waals surface area contributed by atoms with Crippen LogP contribution in [0.15, 0.2) is 42.5 Å². The Bertz CT molecular complexity index is 688. The zero-order chi connectivity index (χ0) is 14.8. The molecule has 4 nitrogen and oxygen atoms in total. The molecule has 0 aliphatic carbocycles. The first kappa shape index (κ1) is 14.2. The predicted molar refractivity (Wildman–Crippen MR) is 91.8 cm³/mol. The lowest BCUT2D eigenvalue weighted by Crippen LogP contribution is -2.25. The minimum absolute atomic E-state index is 0.0859. The van der Waals surface area contributed by atoms with Crippen molar-refractivity contribution in [2.75, 3.05) is 17.2 Å². The third-order valence-electron chi connectivity index (χ3n) is 3.34. The highest BCUT2D eigenvalue weighted by molar-refractivity contribution is 14.1. The number of fused-ring (bicyclic) bond motifs is 1. The van der Waals surface area contributed by atoms with Crippen molar-refractivity contribution in [2.24, 2.45) is 0 Å². The first-order valence-corrected chi connectivity index (χ1v) is 7.78. The summed E-state index contributed by atoms with van der Waals surface area (Å²) in [6.45, 7) is 2.18. The lowest BCUT2D eigenvalue weighted by Gasteiger charge is -2.21. The molecular formula is C16H15IN2O2. The van der Waals surface area contributed by atoms with E-state index in [0.29, 0.717) is 0 Å². The number of nitrogens with one attached hydrogen (secondary N) is 2. The minimum Gasteiger partial charge on any atom is -0.482 e. The fraction of sp³-hybridized carbons (Fsp3) is 0.188. The Kier molecular flexibility index (Phi) is 4.01. The van der Waals surface area contributed by atoms with Crippen LogP contribution in [0.5, 0.6) is 5.75 Å².